The largest absolute Gasteiger partial charge is 0.109 e. The van der Waals surface area contributed by atoms with Crippen LogP contribution in [0.3, 0.4) is 0 Å². The molecule has 0 bridgehead atoms. The topological polar surface area (TPSA) is 0 Å². The molecule has 0 nitrogen and oxygen atoms in total. The molecule has 2 aromatic rings. The third-order valence-corrected chi connectivity index (χ3v) is 6.93. The summed E-state index contributed by atoms with van der Waals surface area (Å²) in [6, 6.07) is 20.1. The Kier molecular flexibility index (Phi) is 3.85. The first kappa shape index (κ1) is 15.1. The van der Waals surface area contributed by atoms with E-state index in [1.807, 2.05) is 11.8 Å². The number of thioether (sulfide) groups is 1. The molecule has 1 fully saturated rings. The zero-order valence-corrected chi connectivity index (χ0v) is 14.8. The predicted molar refractivity (Wildman–Crippen MR) is 101 cm³/mol. The van der Waals surface area contributed by atoms with E-state index in [1.54, 1.807) is 11.1 Å². The average molecular weight is 321 g/mol. The second kappa shape index (κ2) is 5.87. The molecule has 1 aliphatic carbocycles. The number of hydrogen-bond donors (Lipinski definition) is 0. The first-order valence-corrected chi connectivity index (χ1v) is 9.56. The third kappa shape index (κ3) is 2.55. The second-order valence-electron chi connectivity index (χ2n) is 7.16. The molecule has 1 heterocycles. The molecule has 0 amide bonds. The lowest BCUT2D eigenvalue weighted by molar-refractivity contribution is 0.443. The van der Waals surface area contributed by atoms with E-state index in [4.69, 9.17) is 0 Å². The molecule has 118 valence electrons. The quantitative estimate of drug-likeness (QED) is 0.565. The van der Waals surface area contributed by atoms with Crippen LogP contribution in [-0.4, -0.2) is 0 Å². The summed E-state index contributed by atoms with van der Waals surface area (Å²) in [5.41, 5.74) is 6.22. The van der Waals surface area contributed by atoms with Gasteiger partial charge in [0.05, 0.1) is 4.75 Å². The Hall–Kier alpha value is -1.47. The Labute approximate surface area is 144 Å². The van der Waals surface area contributed by atoms with Crippen molar-refractivity contribution in [2.24, 2.45) is 5.92 Å². The van der Waals surface area contributed by atoms with Crippen molar-refractivity contribution in [2.45, 2.75) is 49.2 Å². The normalized spacial score (nSPS) is 27.1. The van der Waals surface area contributed by atoms with Crippen LogP contribution in [0.5, 0.6) is 0 Å². The summed E-state index contributed by atoms with van der Waals surface area (Å²) in [6.07, 6.45) is 5.23. The van der Waals surface area contributed by atoms with E-state index in [1.165, 1.54) is 41.7 Å². The SMILES string of the molecule is CC1CCC(=C2c3ccccc3SC2(C)c2ccccc2)CC1. The van der Waals surface area contributed by atoms with Gasteiger partial charge in [-0.1, -0.05) is 61.0 Å². The van der Waals surface area contributed by atoms with E-state index in [9.17, 15) is 0 Å². The molecule has 1 atom stereocenters. The van der Waals surface area contributed by atoms with Crippen molar-refractivity contribution in [3.63, 3.8) is 0 Å². The van der Waals surface area contributed by atoms with Crippen LogP contribution in [-0.2, 0) is 4.75 Å². The van der Waals surface area contributed by atoms with Crippen molar-refractivity contribution < 1.29 is 0 Å². The molecular weight excluding hydrogens is 296 g/mol. The van der Waals surface area contributed by atoms with Crippen LogP contribution >= 0.6 is 11.8 Å². The van der Waals surface area contributed by atoms with Crippen molar-refractivity contribution in [1.29, 1.82) is 0 Å². The van der Waals surface area contributed by atoms with E-state index in [-0.39, 0.29) is 4.75 Å². The lowest BCUT2D eigenvalue weighted by atomic mass is 9.78. The Morgan fingerprint density at radius 1 is 0.913 bits per heavy atom. The molecule has 1 unspecified atom stereocenters. The van der Waals surface area contributed by atoms with E-state index < -0.39 is 0 Å². The van der Waals surface area contributed by atoms with Crippen LogP contribution < -0.4 is 0 Å². The van der Waals surface area contributed by atoms with Crippen LogP contribution in [0.15, 0.2) is 65.1 Å². The number of fused-ring (bicyclic) bond motifs is 1. The summed E-state index contributed by atoms with van der Waals surface area (Å²) in [4.78, 5) is 1.44. The molecule has 2 aromatic carbocycles. The van der Waals surface area contributed by atoms with Crippen molar-refractivity contribution in [2.75, 3.05) is 0 Å². The lowest BCUT2D eigenvalue weighted by Crippen LogP contribution is -2.18. The van der Waals surface area contributed by atoms with E-state index >= 15 is 0 Å². The van der Waals surface area contributed by atoms with Crippen molar-refractivity contribution in [1.82, 2.24) is 0 Å². The van der Waals surface area contributed by atoms with E-state index in [2.05, 4.69) is 68.4 Å². The smallest absolute Gasteiger partial charge is 0.0681 e. The lowest BCUT2D eigenvalue weighted by Gasteiger charge is -2.31. The predicted octanol–water partition coefficient (Wildman–Crippen LogP) is 6.67. The molecule has 0 spiro atoms. The Bertz CT molecular complexity index is 734. The van der Waals surface area contributed by atoms with Crippen LogP contribution in [0.2, 0.25) is 0 Å². The minimum atomic E-state index is 0.0564. The first-order valence-electron chi connectivity index (χ1n) is 8.75. The maximum atomic E-state index is 2.42. The molecule has 1 saturated carbocycles. The Morgan fingerprint density at radius 2 is 1.57 bits per heavy atom. The molecule has 1 heteroatoms. The van der Waals surface area contributed by atoms with Gasteiger partial charge in [0.2, 0.25) is 0 Å². The zero-order valence-electron chi connectivity index (χ0n) is 14.0. The van der Waals surface area contributed by atoms with Crippen LogP contribution in [0.1, 0.15) is 50.7 Å². The number of allylic oxidation sites excluding steroid dienone is 1. The standard InChI is InChI=1S/C22H24S/c1-16-12-14-17(15-13-16)21-19-10-6-7-11-20(19)23-22(21,2)18-8-4-3-5-9-18/h3-11,16H,12-15H2,1-2H3. The fraction of sp³-hybridized carbons (Fsp3) is 0.364. The molecule has 1 aliphatic heterocycles. The summed E-state index contributed by atoms with van der Waals surface area (Å²) in [6.45, 7) is 4.82. The van der Waals surface area contributed by atoms with Gasteiger partial charge in [-0.05, 0) is 61.3 Å². The highest BCUT2D eigenvalue weighted by molar-refractivity contribution is 8.01. The maximum Gasteiger partial charge on any atom is 0.0681 e. The maximum absolute atomic E-state index is 2.42. The van der Waals surface area contributed by atoms with Gasteiger partial charge in [0.1, 0.15) is 0 Å². The van der Waals surface area contributed by atoms with Gasteiger partial charge in [0.25, 0.3) is 0 Å². The number of hydrogen-bond acceptors (Lipinski definition) is 1. The molecule has 0 radical (unpaired) electrons. The summed E-state index contributed by atoms with van der Waals surface area (Å²) in [7, 11) is 0. The van der Waals surface area contributed by atoms with Gasteiger partial charge >= 0.3 is 0 Å². The minimum absolute atomic E-state index is 0.0564. The molecule has 0 aromatic heterocycles. The van der Waals surface area contributed by atoms with Crippen LogP contribution in [0.25, 0.3) is 5.57 Å². The molecular formula is C22H24S. The number of benzene rings is 2. The summed E-state index contributed by atoms with van der Waals surface area (Å²) in [5, 5.41) is 0. The van der Waals surface area contributed by atoms with Gasteiger partial charge in [0, 0.05) is 4.90 Å². The molecule has 0 saturated heterocycles. The summed E-state index contributed by atoms with van der Waals surface area (Å²) >= 11 is 2.04. The van der Waals surface area contributed by atoms with Crippen LogP contribution in [0.4, 0.5) is 0 Å². The van der Waals surface area contributed by atoms with Gasteiger partial charge in [0.15, 0.2) is 0 Å². The zero-order chi connectivity index (χ0) is 15.9. The van der Waals surface area contributed by atoms with Gasteiger partial charge in [-0.25, -0.2) is 0 Å². The summed E-state index contributed by atoms with van der Waals surface area (Å²) in [5.74, 6) is 0.881. The fourth-order valence-corrected chi connectivity index (χ4v) is 5.61. The highest BCUT2D eigenvalue weighted by Crippen LogP contribution is 2.60. The highest BCUT2D eigenvalue weighted by Gasteiger charge is 2.41. The van der Waals surface area contributed by atoms with Gasteiger partial charge in [-0.2, -0.15) is 0 Å². The van der Waals surface area contributed by atoms with E-state index in [0.717, 1.165) is 5.92 Å². The third-order valence-electron chi connectivity index (χ3n) is 5.50. The second-order valence-corrected chi connectivity index (χ2v) is 8.62. The van der Waals surface area contributed by atoms with E-state index in [0.29, 0.717) is 0 Å². The van der Waals surface area contributed by atoms with Gasteiger partial charge in [-0.3, -0.25) is 0 Å². The molecule has 2 aliphatic rings. The summed E-state index contributed by atoms with van der Waals surface area (Å²) < 4.78 is 0.0564. The molecule has 0 N–H and O–H groups in total. The van der Waals surface area contributed by atoms with Gasteiger partial charge in [-0.15, -0.1) is 11.8 Å². The Morgan fingerprint density at radius 3 is 2.30 bits per heavy atom. The van der Waals surface area contributed by atoms with Crippen molar-refractivity contribution in [3.8, 4) is 0 Å². The minimum Gasteiger partial charge on any atom is -0.109 e. The Balaban J connectivity index is 1.89. The van der Waals surface area contributed by atoms with Crippen molar-refractivity contribution >= 4 is 17.3 Å². The van der Waals surface area contributed by atoms with Gasteiger partial charge < -0.3 is 0 Å². The molecule has 23 heavy (non-hydrogen) atoms. The monoisotopic (exact) mass is 320 g/mol. The first-order chi connectivity index (χ1) is 11.2. The fourth-order valence-electron chi connectivity index (χ4n) is 4.14. The average Bonchev–Trinajstić information content (AvgIpc) is 2.90. The highest BCUT2D eigenvalue weighted by atomic mass is 32.2. The molecule has 4 rings (SSSR count). The van der Waals surface area contributed by atoms with Crippen LogP contribution in [0, 0.1) is 5.92 Å². The van der Waals surface area contributed by atoms with Crippen molar-refractivity contribution in [3.05, 3.63) is 71.3 Å². The number of rotatable bonds is 1.